The fraction of sp³-hybridized carbons (Fsp3) is 0.333. The lowest BCUT2D eigenvalue weighted by Crippen LogP contribution is -2.32. The lowest BCUT2D eigenvalue weighted by molar-refractivity contribution is -0.137. The average molecular weight is 323 g/mol. The standard InChI is InChI=1S/C18H20F3NO/c1-13(10-14-6-3-2-4-7-14)22-12-17(23)15-8-5-9-16(11-15)18(19,20)21/h2-9,11,13,17,22-23H,10,12H2,1H3/t13?,17-/m0/s1. The van der Waals surface area contributed by atoms with Crippen LogP contribution in [0.4, 0.5) is 13.2 Å². The highest BCUT2D eigenvalue weighted by molar-refractivity contribution is 5.27. The summed E-state index contributed by atoms with van der Waals surface area (Å²) in [5.74, 6) is 0. The second kappa shape index (κ2) is 7.62. The van der Waals surface area contributed by atoms with Crippen molar-refractivity contribution in [2.75, 3.05) is 6.54 Å². The summed E-state index contributed by atoms with van der Waals surface area (Å²) in [6.07, 6.45) is -4.59. The van der Waals surface area contributed by atoms with Crippen LogP contribution in [0.2, 0.25) is 0 Å². The molecule has 0 aromatic heterocycles. The maximum absolute atomic E-state index is 12.7. The summed E-state index contributed by atoms with van der Waals surface area (Å²) >= 11 is 0. The number of aliphatic hydroxyl groups excluding tert-OH is 1. The van der Waals surface area contributed by atoms with Crippen molar-refractivity contribution in [1.29, 1.82) is 0 Å². The molecule has 0 radical (unpaired) electrons. The van der Waals surface area contributed by atoms with E-state index in [9.17, 15) is 18.3 Å². The van der Waals surface area contributed by atoms with Gasteiger partial charge in [0.2, 0.25) is 0 Å². The van der Waals surface area contributed by atoms with E-state index >= 15 is 0 Å². The summed E-state index contributed by atoms with van der Waals surface area (Å²) in [7, 11) is 0. The summed E-state index contributed by atoms with van der Waals surface area (Å²) in [5.41, 5.74) is 0.687. The highest BCUT2D eigenvalue weighted by Crippen LogP contribution is 2.30. The van der Waals surface area contributed by atoms with Gasteiger partial charge in [-0.15, -0.1) is 0 Å². The number of hydrogen-bond donors (Lipinski definition) is 2. The molecule has 2 aromatic carbocycles. The molecule has 23 heavy (non-hydrogen) atoms. The third kappa shape index (κ3) is 5.37. The van der Waals surface area contributed by atoms with Crippen LogP contribution in [0.3, 0.4) is 0 Å². The number of aliphatic hydroxyl groups is 1. The fourth-order valence-electron chi connectivity index (χ4n) is 2.39. The molecule has 0 spiro atoms. The number of alkyl halides is 3. The van der Waals surface area contributed by atoms with Gasteiger partial charge in [-0.3, -0.25) is 0 Å². The normalized spacial score (nSPS) is 14.5. The van der Waals surface area contributed by atoms with E-state index in [1.165, 1.54) is 17.7 Å². The fourth-order valence-corrected chi connectivity index (χ4v) is 2.39. The minimum atomic E-state index is -4.40. The number of rotatable bonds is 6. The van der Waals surface area contributed by atoms with Gasteiger partial charge in [-0.2, -0.15) is 13.2 Å². The maximum atomic E-state index is 12.7. The van der Waals surface area contributed by atoms with Crippen LogP contribution in [0.15, 0.2) is 54.6 Å². The van der Waals surface area contributed by atoms with Gasteiger partial charge < -0.3 is 10.4 Å². The van der Waals surface area contributed by atoms with Crippen molar-refractivity contribution in [2.45, 2.75) is 31.7 Å². The molecule has 5 heteroatoms. The molecular weight excluding hydrogens is 303 g/mol. The van der Waals surface area contributed by atoms with E-state index in [0.717, 1.165) is 18.6 Å². The van der Waals surface area contributed by atoms with Crippen molar-refractivity contribution in [1.82, 2.24) is 5.32 Å². The zero-order valence-electron chi connectivity index (χ0n) is 12.8. The first-order valence-electron chi connectivity index (χ1n) is 7.49. The molecule has 2 aromatic rings. The zero-order chi connectivity index (χ0) is 16.9. The van der Waals surface area contributed by atoms with E-state index in [1.54, 1.807) is 0 Å². The van der Waals surface area contributed by atoms with E-state index in [2.05, 4.69) is 5.32 Å². The van der Waals surface area contributed by atoms with Crippen molar-refractivity contribution < 1.29 is 18.3 Å². The Hall–Kier alpha value is -1.85. The lowest BCUT2D eigenvalue weighted by Gasteiger charge is -2.18. The van der Waals surface area contributed by atoms with Crippen molar-refractivity contribution in [3.63, 3.8) is 0 Å². The smallest absolute Gasteiger partial charge is 0.387 e. The predicted molar refractivity (Wildman–Crippen MR) is 84.0 cm³/mol. The molecular formula is C18H20F3NO. The van der Waals surface area contributed by atoms with Crippen molar-refractivity contribution in [2.24, 2.45) is 0 Å². The first-order chi connectivity index (χ1) is 10.9. The van der Waals surface area contributed by atoms with Gasteiger partial charge in [-0.05, 0) is 36.6 Å². The number of halogens is 3. The number of benzene rings is 2. The molecule has 0 fully saturated rings. The molecule has 0 aliphatic heterocycles. The minimum Gasteiger partial charge on any atom is -0.387 e. The van der Waals surface area contributed by atoms with E-state index in [0.29, 0.717) is 0 Å². The Kier molecular flexibility index (Phi) is 5.80. The molecule has 2 rings (SSSR count). The van der Waals surface area contributed by atoms with Gasteiger partial charge in [0.15, 0.2) is 0 Å². The molecule has 124 valence electrons. The summed E-state index contributed by atoms with van der Waals surface area (Å²) < 4.78 is 38.1. The second-order valence-corrected chi connectivity index (χ2v) is 5.64. The summed E-state index contributed by atoms with van der Waals surface area (Å²) in [5, 5.41) is 13.3. The highest BCUT2D eigenvalue weighted by Gasteiger charge is 2.30. The first kappa shape index (κ1) is 17.5. The maximum Gasteiger partial charge on any atom is 0.416 e. The van der Waals surface area contributed by atoms with Gasteiger partial charge >= 0.3 is 6.18 Å². The van der Waals surface area contributed by atoms with E-state index < -0.39 is 17.8 Å². The van der Waals surface area contributed by atoms with Crippen molar-refractivity contribution >= 4 is 0 Å². The summed E-state index contributed by atoms with van der Waals surface area (Å²) in [6.45, 7) is 2.18. The molecule has 1 unspecified atom stereocenters. The Morgan fingerprint density at radius 3 is 2.39 bits per heavy atom. The van der Waals surface area contributed by atoms with Crippen LogP contribution < -0.4 is 5.32 Å². The van der Waals surface area contributed by atoms with Crippen LogP contribution in [-0.4, -0.2) is 17.7 Å². The van der Waals surface area contributed by atoms with Gasteiger partial charge in [0.1, 0.15) is 0 Å². The van der Waals surface area contributed by atoms with Gasteiger partial charge in [0.25, 0.3) is 0 Å². The molecule has 2 atom stereocenters. The minimum absolute atomic E-state index is 0.109. The Bertz CT molecular complexity index is 613. The zero-order valence-corrected chi connectivity index (χ0v) is 12.8. The quantitative estimate of drug-likeness (QED) is 0.843. The lowest BCUT2D eigenvalue weighted by atomic mass is 10.0. The second-order valence-electron chi connectivity index (χ2n) is 5.64. The Morgan fingerprint density at radius 1 is 1.04 bits per heavy atom. The molecule has 0 saturated carbocycles. The van der Waals surface area contributed by atoms with Crippen LogP contribution in [-0.2, 0) is 12.6 Å². The van der Waals surface area contributed by atoms with E-state index in [4.69, 9.17) is 0 Å². The van der Waals surface area contributed by atoms with E-state index in [1.807, 2.05) is 37.3 Å². The van der Waals surface area contributed by atoms with Crippen LogP contribution >= 0.6 is 0 Å². The first-order valence-corrected chi connectivity index (χ1v) is 7.49. The monoisotopic (exact) mass is 323 g/mol. The molecule has 0 amide bonds. The van der Waals surface area contributed by atoms with Crippen molar-refractivity contribution in [3.8, 4) is 0 Å². The molecule has 0 saturated heterocycles. The third-order valence-electron chi connectivity index (χ3n) is 3.64. The molecule has 0 aliphatic rings. The van der Waals surface area contributed by atoms with Crippen LogP contribution in [0, 0.1) is 0 Å². The summed E-state index contributed by atoms with van der Waals surface area (Å²) in [4.78, 5) is 0. The van der Waals surface area contributed by atoms with Crippen LogP contribution in [0.1, 0.15) is 29.7 Å². The topological polar surface area (TPSA) is 32.3 Å². The highest BCUT2D eigenvalue weighted by atomic mass is 19.4. The van der Waals surface area contributed by atoms with Gasteiger partial charge in [0, 0.05) is 12.6 Å². The summed E-state index contributed by atoms with van der Waals surface area (Å²) in [6, 6.07) is 14.8. The molecule has 0 bridgehead atoms. The Balaban J connectivity index is 1.90. The number of nitrogens with one attached hydrogen (secondary N) is 1. The van der Waals surface area contributed by atoms with Crippen LogP contribution in [0.5, 0.6) is 0 Å². The SMILES string of the molecule is CC(Cc1ccccc1)NC[C@H](O)c1cccc(C(F)(F)F)c1. The van der Waals surface area contributed by atoms with Gasteiger partial charge in [0.05, 0.1) is 11.7 Å². The molecule has 2 N–H and O–H groups in total. The van der Waals surface area contributed by atoms with Gasteiger partial charge in [-0.25, -0.2) is 0 Å². The molecule has 0 heterocycles. The third-order valence-corrected chi connectivity index (χ3v) is 3.64. The number of hydrogen-bond acceptors (Lipinski definition) is 2. The molecule has 2 nitrogen and oxygen atoms in total. The Labute approximate surface area is 134 Å². The predicted octanol–water partition coefficient (Wildman–Crippen LogP) is 3.96. The van der Waals surface area contributed by atoms with E-state index in [-0.39, 0.29) is 18.2 Å². The largest absolute Gasteiger partial charge is 0.416 e. The van der Waals surface area contributed by atoms with Crippen LogP contribution in [0.25, 0.3) is 0 Å². The van der Waals surface area contributed by atoms with Crippen molar-refractivity contribution in [3.05, 3.63) is 71.3 Å². The average Bonchev–Trinajstić information content (AvgIpc) is 2.53. The van der Waals surface area contributed by atoms with Gasteiger partial charge in [-0.1, -0.05) is 42.5 Å². The molecule has 0 aliphatic carbocycles. The Morgan fingerprint density at radius 2 is 1.74 bits per heavy atom.